The molecule has 0 aliphatic heterocycles. The third kappa shape index (κ3) is 5.98. The number of benzene rings is 3. The molecule has 1 amide bonds. The van der Waals surface area contributed by atoms with Crippen molar-refractivity contribution < 1.29 is 31.5 Å². The Morgan fingerprint density at radius 2 is 1.30 bits per heavy atom. The second kappa shape index (κ2) is 10.3. The molecule has 0 bridgehead atoms. The Labute approximate surface area is 190 Å². The lowest BCUT2D eigenvalue weighted by Crippen LogP contribution is -2.16. The van der Waals surface area contributed by atoms with Crippen molar-refractivity contribution in [2.24, 2.45) is 0 Å². The zero-order valence-corrected chi connectivity index (χ0v) is 18.7. The van der Waals surface area contributed by atoms with E-state index in [1.807, 2.05) is 0 Å². The number of carbonyl (C=O) groups is 1. The fourth-order valence-corrected chi connectivity index (χ4v) is 3.96. The molecule has 0 aromatic heterocycles. The summed E-state index contributed by atoms with van der Waals surface area (Å²) in [7, 11) is -4.06. The standard InChI is InChI=1S/C23H22F2N2O5S/c1-3-31-21-14-20(27-33(29,30)18-11-9-17(25)10-12-18)22(32-4-2)13-19(21)26-23(28)15-5-7-16(24)8-6-15/h5-14,27H,3-4H2,1-2H3,(H,26,28). The van der Waals surface area contributed by atoms with Crippen LogP contribution in [0, 0.1) is 11.6 Å². The van der Waals surface area contributed by atoms with Gasteiger partial charge in [0.15, 0.2) is 0 Å². The molecule has 0 spiro atoms. The third-order valence-electron chi connectivity index (χ3n) is 4.40. The first-order chi connectivity index (χ1) is 15.7. The number of sulfonamides is 1. The molecule has 33 heavy (non-hydrogen) atoms. The highest BCUT2D eigenvalue weighted by molar-refractivity contribution is 7.92. The lowest BCUT2D eigenvalue weighted by atomic mass is 10.2. The quantitative estimate of drug-likeness (QED) is 0.462. The minimum atomic E-state index is -4.06. The van der Waals surface area contributed by atoms with E-state index in [9.17, 15) is 22.0 Å². The zero-order chi connectivity index (χ0) is 24.0. The molecule has 2 N–H and O–H groups in total. The van der Waals surface area contributed by atoms with Crippen LogP contribution in [0.5, 0.6) is 11.5 Å². The van der Waals surface area contributed by atoms with E-state index in [0.29, 0.717) is 0 Å². The fraction of sp³-hybridized carbons (Fsp3) is 0.174. The van der Waals surface area contributed by atoms with Crippen molar-refractivity contribution in [3.05, 3.63) is 77.9 Å². The molecule has 174 valence electrons. The van der Waals surface area contributed by atoms with E-state index in [1.165, 1.54) is 24.3 Å². The summed E-state index contributed by atoms with van der Waals surface area (Å²) in [6.45, 7) is 3.89. The van der Waals surface area contributed by atoms with Gasteiger partial charge in [0.05, 0.1) is 29.5 Å². The van der Waals surface area contributed by atoms with Crippen LogP contribution in [0.2, 0.25) is 0 Å². The predicted octanol–water partition coefficient (Wildman–Crippen LogP) is 4.82. The second-order valence-electron chi connectivity index (χ2n) is 6.73. The van der Waals surface area contributed by atoms with E-state index < -0.39 is 27.6 Å². The Bertz CT molecular complexity index is 1230. The van der Waals surface area contributed by atoms with Gasteiger partial charge in [-0.05, 0) is 62.4 Å². The van der Waals surface area contributed by atoms with Gasteiger partial charge in [-0.2, -0.15) is 0 Å². The summed E-state index contributed by atoms with van der Waals surface area (Å²) < 4.78 is 65.5. The highest BCUT2D eigenvalue weighted by Gasteiger charge is 2.21. The Hall–Kier alpha value is -3.66. The first-order valence-corrected chi connectivity index (χ1v) is 11.5. The summed E-state index contributed by atoms with van der Waals surface area (Å²) in [5.41, 5.74) is 0.529. The van der Waals surface area contributed by atoms with Gasteiger partial charge in [-0.3, -0.25) is 9.52 Å². The molecule has 0 aliphatic carbocycles. The molecular weight excluding hydrogens is 454 g/mol. The minimum Gasteiger partial charge on any atom is -0.492 e. The molecule has 0 atom stereocenters. The molecule has 0 heterocycles. The summed E-state index contributed by atoms with van der Waals surface area (Å²) in [5, 5.41) is 2.67. The summed E-state index contributed by atoms with van der Waals surface area (Å²) in [4.78, 5) is 12.5. The van der Waals surface area contributed by atoms with E-state index in [4.69, 9.17) is 9.47 Å². The van der Waals surface area contributed by atoms with Crippen LogP contribution in [0.3, 0.4) is 0 Å². The molecule has 7 nitrogen and oxygen atoms in total. The van der Waals surface area contributed by atoms with Crippen LogP contribution in [0.15, 0.2) is 65.6 Å². The van der Waals surface area contributed by atoms with Gasteiger partial charge in [-0.1, -0.05) is 0 Å². The van der Waals surface area contributed by atoms with E-state index >= 15 is 0 Å². The molecule has 0 saturated heterocycles. The molecule has 0 saturated carbocycles. The number of amides is 1. The van der Waals surface area contributed by atoms with Crippen molar-refractivity contribution in [3.63, 3.8) is 0 Å². The number of rotatable bonds is 9. The van der Waals surface area contributed by atoms with Crippen LogP contribution in [0.25, 0.3) is 0 Å². The van der Waals surface area contributed by atoms with Crippen LogP contribution in [0.1, 0.15) is 24.2 Å². The van der Waals surface area contributed by atoms with Crippen molar-refractivity contribution in [1.82, 2.24) is 0 Å². The van der Waals surface area contributed by atoms with Crippen LogP contribution < -0.4 is 19.5 Å². The van der Waals surface area contributed by atoms with Gasteiger partial charge in [0.25, 0.3) is 15.9 Å². The van der Waals surface area contributed by atoms with Crippen molar-refractivity contribution in [1.29, 1.82) is 0 Å². The Kier molecular flexibility index (Phi) is 7.49. The summed E-state index contributed by atoms with van der Waals surface area (Å²) >= 11 is 0. The molecule has 0 aliphatic rings. The largest absolute Gasteiger partial charge is 0.492 e. The van der Waals surface area contributed by atoms with Gasteiger partial charge in [-0.15, -0.1) is 0 Å². The van der Waals surface area contributed by atoms with Crippen molar-refractivity contribution in [2.45, 2.75) is 18.7 Å². The molecule has 0 unspecified atom stereocenters. The van der Waals surface area contributed by atoms with Gasteiger partial charge in [0.1, 0.15) is 23.1 Å². The molecule has 3 aromatic rings. The van der Waals surface area contributed by atoms with Gasteiger partial charge in [0.2, 0.25) is 0 Å². The van der Waals surface area contributed by atoms with Gasteiger partial charge in [0, 0.05) is 17.7 Å². The molecule has 3 aromatic carbocycles. The van der Waals surface area contributed by atoms with E-state index in [2.05, 4.69) is 10.0 Å². The lowest BCUT2D eigenvalue weighted by molar-refractivity contribution is 0.102. The third-order valence-corrected chi connectivity index (χ3v) is 5.79. The molecular formula is C23H22F2N2O5S. The Morgan fingerprint density at radius 3 is 1.85 bits per heavy atom. The molecule has 0 fully saturated rings. The average molecular weight is 477 g/mol. The number of hydrogen-bond donors (Lipinski definition) is 2. The van der Waals surface area contributed by atoms with Crippen LogP contribution >= 0.6 is 0 Å². The SMILES string of the molecule is CCOc1cc(NS(=O)(=O)c2ccc(F)cc2)c(OCC)cc1NC(=O)c1ccc(F)cc1. The Balaban J connectivity index is 1.97. The van der Waals surface area contributed by atoms with Gasteiger partial charge in [-0.25, -0.2) is 17.2 Å². The highest BCUT2D eigenvalue weighted by Crippen LogP contribution is 2.38. The highest BCUT2D eigenvalue weighted by atomic mass is 32.2. The fourth-order valence-electron chi connectivity index (χ4n) is 2.90. The zero-order valence-electron chi connectivity index (χ0n) is 17.9. The smallest absolute Gasteiger partial charge is 0.262 e. The number of ether oxygens (including phenoxy) is 2. The topological polar surface area (TPSA) is 93.7 Å². The predicted molar refractivity (Wildman–Crippen MR) is 120 cm³/mol. The summed E-state index contributed by atoms with van der Waals surface area (Å²) in [6.07, 6.45) is 0. The summed E-state index contributed by atoms with van der Waals surface area (Å²) in [5.74, 6) is -1.23. The lowest BCUT2D eigenvalue weighted by Gasteiger charge is -2.18. The molecule has 0 radical (unpaired) electrons. The van der Waals surface area contributed by atoms with Crippen LogP contribution in [-0.2, 0) is 10.0 Å². The van der Waals surface area contributed by atoms with Crippen LogP contribution in [0.4, 0.5) is 20.2 Å². The van der Waals surface area contributed by atoms with E-state index in [0.717, 1.165) is 36.4 Å². The molecule has 3 rings (SSSR count). The van der Waals surface area contributed by atoms with Gasteiger partial charge < -0.3 is 14.8 Å². The van der Waals surface area contributed by atoms with E-state index in [1.54, 1.807) is 13.8 Å². The van der Waals surface area contributed by atoms with Crippen molar-refractivity contribution in [2.75, 3.05) is 23.3 Å². The van der Waals surface area contributed by atoms with E-state index in [-0.39, 0.29) is 46.5 Å². The number of hydrogen-bond acceptors (Lipinski definition) is 5. The monoisotopic (exact) mass is 476 g/mol. The maximum absolute atomic E-state index is 13.2. The van der Waals surface area contributed by atoms with Crippen molar-refractivity contribution >= 4 is 27.3 Å². The number of halogens is 2. The number of carbonyl (C=O) groups excluding carboxylic acids is 1. The maximum Gasteiger partial charge on any atom is 0.262 e. The maximum atomic E-state index is 13.2. The number of anilines is 2. The minimum absolute atomic E-state index is 0.0735. The first kappa shape index (κ1) is 24.0. The van der Waals surface area contributed by atoms with Gasteiger partial charge >= 0.3 is 0 Å². The average Bonchev–Trinajstić information content (AvgIpc) is 2.77. The second-order valence-corrected chi connectivity index (χ2v) is 8.41. The normalized spacial score (nSPS) is 11.0. The number of nitrogens with one attached hydrogen (secondary N) is 2. The van der Waals surface area contributed by atoms with Crippen LogP contribution in [-0.4, -0.2) is 27.5 Å². The summed E-state index contributed by atoms with van der Waals surface area (Å²) in [6, 6.07) is 12.2. The van der Waals surface area contributed by atoms with Crippen molar-refractivity contribution in [3.8, 4) is 11.5 Å². The Morgan fingerprint density at radius 1 is 0.818 bits per heavy atom. The first-order valence-electron chi connectivity index (χ1n) is 10.0. The molecule has 10 heteroatoms.